The summed E-state index contributed by atoms with van der Waals surface area (Å²) < 4.78 is 11.0. The van der Waals surface area contributed by atoms with Crippen molar-refractivity contribution in [1.82, 2.24) is 0 Å². The first kappa shape index (κ1) is 10.1. The number of benzene rings is 1. The molecule has 0 amide bonds. The Bertz CT molecular complexity index is 380. The summed E-state index contributed by atoms with van der Waals surface area (Å²) in [5, 5.41) is 0. The van der Waals surface area contributed by atoms with Crippen LogP contribution in [0.25, 0.3) is 0 Å². The van der Waals surface area contributed by atoms with Crippen molar-refractivity contribution >= 4 is 0 Å². The van der Waals surface area contributed by atoms with Crippen LogP contribution in [0.4, 0.5) is 0 Å². The number of ether oxygens (including phenoxy) is 2. The van der Waals surface area contributed by atoms with Gasteiger partial charge in [0.1, 0.15) is 13.2 Å². The molecule has 0 fully saturated rings. The van der Waals surface area contributed by atoms with Crippen molar-refractivity contribution in [1.29, 1.82) is 0 Å². The molecule has 0 bridgehead atoms. The predicted molar refractivity (Wildman–Crippen MR) is 60.7 cm³/mol. The van der Waals surface area contributed by atoms with Crippen LogP contribution in [0.15, 0.2) is 30.9 Å². The van der Waals surface area contributed by atoms with Crippen molar-refractivity contribution < 1.29 is 9.47 Å². The van der Waals surface area contributed by atoms with E-state index in [0.29, 0.717) is 13.2 Å². The van der Waals surface area contributed by atoms with Crippen molar-refractivity contribution in [2.75, 3.05) is 13.2 Å². The molecule has 0 atom stereocenters. The Morgan fingerprint density at radius 3 is 2.53 bits per heavy atom. The summed E-state index contributed by atoms with van der Waals surface area (Å²) in [4.78, 5) is 0. The quantitative estimate of drug-likeness (QED) is 0.689. The number of hydrogen-bond acceptors (Lipinski definition) is 2. The third-order valence-electron chi connectivity index (χ3n) is 2.80. The normalized spacial score (nSPS) is 14.8. The molecular weight excluding hydrogens is 188 g/mol. The van der Waals surface area contributed by atoms with Crippen molar-refractivity contribution in [2.24, 2.45) is 0 Å². The van der Waals surface area contributed by atoms with Gasteiger partial charge in [-0.2, -0.15) is 0 Å². The molecule has 2 nitrogen and oxygen atoms in total. The van der Waals surface area contributed by atoms with Gasteiger partial charge in [0, 0.05) is 5.41 Å². The van der Waals surface area contributed by atoms with E-state index >= 15 is 0 Å². The van der Waals surface area contributed by atoms with E-state index in [9.17, 15) is 0 Å². The van der Waals surface area contributed by atoms with Crippen LogP contribution in [-0.4, -0.2) is 13.2 Å². The summed E-state index contributed by atoms with van der Waals surface area (Å²) in [6, 6.07) is 6.07. The monoisotopic (exact) mass is 204 g/mol. The Hall–Kier alpha value is -1.44. The third kappa shape index (κ3) is 1.84. The summed E-state index contributed by atoms with van der Waals surface area (Å²) in [5.41, 5.74) is 1.16. The summed E-state index contributed by atoms with van der Waals surface area (Å²) in [6.07, 6.45) is 1.94. The second-order valence-electron chi connectivity index (χ2n) is 4.28. The highest BCUT2D eigenvalue weighted by Gasteiger charge is 2.19. The lowest BCUT2D eigenvalue weighted by atomic mass is 9.85. The number of rotatable bonds is 2. The van der Waals surface area contributed by atoms with Gasteiger partial charge in [-0.3, -0.25) is 0 Å². The van der Waals surface area contributed by atoms with Crippen molar-refractivity contribution in [3.8, 4) is 11.5 Å². The summed E-state index contributed by atoms with van der Waals surface area (Å²) in [5.74, 6) is 1.68. The zero-order valence-electron chi connectivity index (χ0n) is 9.25. The zero-order valence-corrected chi connectivity index (χ0v) is 9.25. The molecule has 0 saturated carbocycles. The molecule has 80 valence electrons. The van der Waals surface area contributed by atoms with Crippen LogP contribution in [-0.2, 0) is 5.41 Å². The molecule has 2 heteroatoms. The maximum absolute atomic E-state index is 5.54. The van der Waals surface area contributed by atoms with Crippen LogP contribution in [0, 0.1) is 0 Å². The molecule has 0 aromatic heterocycles. The number of hydrogen-bond donors (Lipinski definition) is 0. The first-order valence-electron chi connectivity index (χ1n) is 5.17. The first-order chi connectivity index (χ1) is 7.13. The summed E-state index contributed by atoms with van der Waals surface area (Å²) in [7, 11) is 0. The van der Waals surface area contributed by atoms with Crippen LogP contribution in [0.3, 0.4) is 0 Å². The Morgan fingerprint density at radius 2 is 1.87 bits per heavy atom. The molecule has 0 unspecified atom stereocenters. The van der Waals surface area contributed by atoms with Crippen LogP contribution in [0.2, 0.25) is 0 Å². The first-order valence-corrected chi connectivity index (χ1v) is 5.17. The van der Waals surface area contributed by atoms with E-state index in [4.69, 9.17) is 9.47 Å². The molecule has 0 spiro atoms. The molecule has 0 radical (unpaired) electrons. The largest absolute Gasteiger partial charge is 0.486 e. The Labute approximate surface area is 90.5 Å². The molecule has 1 aromatic rings. The lowest BCUT2D eigenvalue weighted by Gasteiger charge is -2.24. The molecule has 1 aliphatic rings. The Morgan fingerprint density at radius 1 is 1.20 bits per heavy atom. The van der Waals surface area contributed by atoms with Crippen LogP contribution in [0.5, 0.6) is 11.5 Å². The van der Waals surface area contributed by atoms with E-state index in [1.54, 1.807) is 0 Å². The van der Waals surface area contributed by atoms with E-state index in [-0.39, 0.29) is 5.41 Å². The molecular formula is C13H16O2. The molecule has 1 aromatic carbocycles. The fourth-order valence-electron chi connectivity index (χ4n) is 1.56. The highest BCUT2D eigenvalue weighted by atomic mass is 16.6. The fraction of sp³-hybridized carbons (Fsp3) is 0.385. The zero-order chi connectivity index (χ0) is 10.9. The van der Waals surface area contributed by atoms with Crippen LogP contribution in [0.1, 0.15) is 19.4 Å². The van der Waals surface area contributed by atoms with Gasteiger partial charge in [-0.15, -0.1) is 6.58 Å². The smallest absolute Gasteiger partial charge is 0.161 e. The predicted octanol–water partition coefficient (Wildman–Crippen LogP) is 2.92. The number of fused-ring (bicyclic) bond motifs is 1. The topological polar surface area (TPSA) is 18.5 Å². The molecule has 0 aliphatic carbocycles. The maximum atomic E-state index is 5.54. The molecule has 1 heterocycles. The van der Waals surface area contributed by atoms with Crippen molar-refractivity contribution in [3.05, 3.63) is 36.4 Å². The van der Waals surface area contributed by atoms with Crippen LogP contribution < -0.4 is 9.47 Å². The average Bonchev–Trinajstić information content (AvgIpc) is 2.28. The standard InChI is InChI=1S/C13H16O2/c1-4-13(2,3)10-5-6-11-12(9-10)15-8-7-14-11/h4-6,9H,1,7-8H2,2-3H3. The highest BCUT2D eigenvalue weighted by molar-refractivity contribution is 5.46. The Kier molecular flexibility index (Phi) is 2.43. The van der Waals surface area contributed by atoms with Crippen molar-refractivity contribution in [2.45, 2.75) is 19.3 Å². The molecule has 1 aliphatic heterocycles. The molecule has 0 saturated heterocycles. The lowest BCUT2D eigenvalue weighted by Crippen LogP contribution is -2.17. The minimum atomic E-state index is -0.0319. The summed E-state index contributed by atoms with van der Waals surface area (Å²) >= 11 is 0. The summed E-state index contributed by atoms with van der Waals surface area (Å²) in [6.45, 7) is 9.38. The van der Waals surface area contributed by atoms with Gasteiger partial charge >= 0.3 is 0 Å². The average molecular weight is 204 g/mol. The lowest BCUT2D eigenvalue weighted by molar-refractivity contribution is 0.171. The fourth-order valence-corrected chi connectivity index (χ4v) is 1.56. The maximum Gasteiger partial charge on any atom is 0.161 e. The van der Waals surface area contributed by atoms with E-state index in [2.05, 4.69) is 26.5 Å². The van der Waals surface area contributed by atoms with Gasteiger partial charge in [0.05, 0.1) is 0 Å². The molecule has 2 rings (SSSR count). The van der Waals surface area contributed by atoms with Gasteiger partial charge in [-0.1, -0.05) is 26.0 Å². The minimum absolute atomic E-state index is 0.0319. The van der Waals surface area contributed by atoms with E-state index in [1.807, 2.05) is 18.2 Å². The van der Waals surface area contributed by atoms with Gasteiger partial charge in [-0.25, -0.2) is 0 Å². The SMILES string of the molecule is C=CC(C)(C)c1ccc2c(c1)OCCO2. The molecule has 0 N–H and O–H groups in total. The van der Waals surface area contributed by atoms with Crippen LogP contribution >= 0.6 is 0 Å². The van der Waals surface area contributed by atoms with Gasteiger partial charge < -0.3 is 9.47 Å². The van der Waals surface area contributed by atoms with E-state index in [1.165, 1.54) is 5.56 Å². The van der Waals surface area contributed by atoms with Gasteiger partial charge in [0.25, 0.3) is 0 Å². The Balaban J connectivity index is 2.40. The highest BCUT2D eigenvalue weighted by Crippen LogP contribution is 2.35. The van der Waals surface area contributed by atoms with E-state index < -0.39 is 0 Å². The number of allylic oxidation sites excluding steroid dienone is 1. The third-order valence-corrected chi connectivity index (χ3v) is 2.80. The second kappa shape index (κ2) is 3.61. The second-order valence-corrected chi connectivity index (χ2v) is 4.28. The van der Waals surface area contributed by atoms with E-state index in [0.717, 1.165) is 11.5 Å². The molecule has 15 heavy (non-hydrogen) atoms. The van der Waals surface area contributed by atoms with Gasteiger partial charge in [-0.05, 0) is 17.7 Å². The van der Waals surface area contributed by atoms with Crippen molar-refractivity contribution in [3.63, 3.8) is 0 Å². The van der Waals surface area contributed by atoms with Gasteiger partial charge in [0.15, 0.2) is 11.5 Å². The minimum Gasteiger partial charge on any atom is -0.486 e. The van der Waals surface area contributed by atoms with Gasteiger partial charge in [0.2, 0.25) is 0 Å².